The molecule has 1 amide bonds. The highest BCUT2D eigenvalue weighted by Gasteiger charge is 2.50. The number of Topliss-reactive ketones (excluding diaryl/α,β-unsaturated/α-hetero) is 1. The standard InChI is InChI=1S/C21H19F3N6O4/c22-21(23,24)34-13-3-1-11(2-4-13)10-33-20(32)30-9-12-7-25-8-14(12)17(30)18(31)15-5-6-16-19(26-15)28-29-27-16/h1-6,12,14,17,25H,7-10H2,(H,26,27,28,29). The van der Waals surface area contributed by atoms with Crippen molar-refractivity contribution in [2.45, 2.75) is 19.0 Å². The van der Waals surface area contributed by atoms with Crippen LogP contribution in [0.4, 0.5) is 18.0 Å². The highest BCUT2D eigenvalue weighted by molar-refractivity contribution is 6.01. The van der Waals surface area contributed by atoms with E-state index < -0.39 is 18.5 Å². The quantitative estimate of drug-likeness (QED) is 0.538. The van der Waals surface area contributed by atoms with E-state index in [-0.39, 0.29) is 35.7 Å². The normalized spacial score (nSPS) is 22.1. The summed E-state index contributed by atoms with van der Waals surface area (Å²) in [5.41, 5.74) is 1.48. The van der Waals surface area contributed by atoms with E-state index in [2.05, 4.69) is 30.4 Å². The molecule has 0 saturated carbocycles. The van der Waals surface area contributed by atoms with Gasteiger partial charge in [-0.05, 0) is 35.7 Å². The van der Waals surface area contributed by atoms with E-state index in [0.717, 1.165) is 12.1 Å². The Morgan fingerprint density at radius 3 is 2.65 bits per heavy atom. The zero-order valence-electron chi connectivity index (χ0n) is 17.6. The number of rotatable bonds is 5. The summed E-state index contributed by atoms with van der Waals surface area (Å²) in [6.07, 6.45) is -5.46. The molecule has 2 fully saturated rings. The van der Waals surface area contributed by atoms with Crippen LogP contribution in [0.5, 0.6) is 5.75 Å². The molecule has 4 heterocycles. The molecule has 2 aliphatic heterocycles. The molecule has 34 heavy (non-hydrogen) atoms. The molecule has 3 atom stereocenters. The molecule has 10 nitrogen and oxygen atoms in total. The van der Waals surface area contributed by atoms with E-state index in [4.69, 9.17) is 4.74 Å². The number of fused-ring (bicyclic) bond motifs is 2. The van der Waals surface area contributed by atoms with Crippen LogP contribution in [0.25, 0.3) is 11.2 Å². The number of carbonyl (C=O) groups is 2. The van der Waals surface area contributed by atoms with Crippen molar-refractivity contribution in [2.24, 2.45) is 11.8 Å². The summed E-state index contributed by atoms with van der Waals surface area (Å²) in [5.74, 6) is -0.680. The maximum Gasteiger partial charge on any atom is 0.573 e. The van der Waals surface area contributed by atoms with Crippen molar-refractivity contribution < 1.29 is 32.2 Å². The maximum atomic E-state index is 13.4. The van der Waals surface area contributed by atoms with E-state index in [1.54, 1.807) is 12.1 Å². The number of ether oxygens (including phenoxy) is 2. The number of alkyl halides is 3. The van der Waals surface area contributed by atoms with Crippen molar-refractivity contribution in [3.05, 3.63) is 47.7 Å². The first-order valence-electron chi connectivity index (χ1n) is 10.5. The van der Waals surface area contributed by atoms with Crippen LogP contribution in [0.1, 0.15) is 16.1 Å². The van der Waals surface area contributed by atoms with Crippen LogP contribution in [0, 0.1) is 11.8 Å². The van der Waals surface area contributed by atoms with Gasteiger partial charge in [0.25, 0.3) is 0 Å². The molecule has 0 bridgehead atoms. The molecule has 1 aromatic carbocycles. The Hall–Kier alpha value is -3.74. The molecule has 0 aliphatic carbocycles. The lowest BCUT2D eigenvalue weighted by atomic mass is 9.90. The number of pyridine rings is 1. The minimum absolute atomic E-state index is 0.0892. The summed E-state index contributed by atoms with van der Waals surface area (Å²) < 4.78 is 46.2. The first-order chi connectivity index (χ1) is 16.3. The van der Waals surface area contributed by atoms with Gasteiger partial charge in [-0.15, -0.1) is 18.3 Å². The summed E-state index contributed by atoms with van der Waals surface area (Å²) in [6.45, 7) is 1.43. The molecule has 2 aliphatic rings. The van der Waals surface area contributed by atoms with E-state index in [9.17, 15) is 22.8 Å². The highest BCUT2D eigenvalue weighted by Crippen LogP contribution is 2.35. The number of hydrogen-bond donors (Lipinski definition) is 2. The summed E-state index contributed by atoms with van der Waals surface area (Å²) in [4.78, 5) is 32.0. The summed E-state index contributed by atoms with van der Waals surface area (Å²) in [6, 6.07) is 7.45. The van der Waals surface area contributed by atoms with Crippen molar-refractivity contribution >= 4 is 23.0 Å². The van der Waals surface area contributed by atoms with Crippen LogP contribution in [0.15, 0.2) is 36.4 Å². The Labute approximate surface area is 190 Å². The topological polar surface area (TPSA) is 122 Å². The van der Waals surface area contributed by atoms with E-state index >= 15 is 0 Å². The monoisotopic (exact) mass is 476 g/mol. The second-order valence-electron chi connectivity index (χ2n) is 8.15. The fourth-order valence-corrected chi connectivity index (χ4v) is 4.49. The van der Waals surface area contributed by atoms with E-state index in [1.165, 1.54) is 17.0 Å². The second-order valence-corrected chi connectivity index (χ2v) is 8.15. The second kappa shape index (κ2) is 8.56. The van der Waals surface area contributed by atoms with Crippen LogP contribution in [-0.4, -0.2) is 69.2 Å². The Morgan fingerprint density at radius 2 is 1.88 bits per heavy atom. The van der Waals surface area contributed by atoms with Crippen LogP contribution in [0.2, 0.25) is 0 Å². The van der Waals surface area contributed by atoms with Gasteiger partial charge in [-0.25, -0.2) is 9.78 Å². The van der Waals surface area contributed by atoms with Gasteiger partial charge in [0.05, 0.1) is 0 Å². The molecule has 2 aromatic heterocycles. The molecule has 3 aromatic rings. The third-order valence-electron chi connectivity index (χ3n) is 6.02. The minimum atomic E-state index is -4.79. The molecule has 2 N–H and O–H groups in total. The van der Waals surface area contributed by atoms with Gasteiger partial charge in [-0.2, -0.15) is 10.3 Å². The van der Waals surface area contributed by atoms with Crippen LogP contribution in [-0.2, 0) is 11.3 Å². The number of aromatic nitrogens is 4. The fraction of sp³-hybridized carbons (Fsp3) is 0.381. The number of likely N-dealkylation sites (tertiary alicyclic amines) is 1. The molecule has 0 radical (unpaired) electrons. The lowest BCUT2D eigenvalue weighted by Crippen LogP contribution is -2.45. The Balaban J connectivity index is 1.29. The number of hydrogen-bond acceptors (Lipinski definition) is 8. The summed E-state index contributed by atoms with van der Waals surface area (Å²) >= 11 is 0. The molecule has 13 heteroatoms. The van der Waals surface area contributed by atoms with Crippen LogP contribution in [0.3, 0.4) is 0 Å². The number of carbonyl (C=O) groups excluding carboxylic acids is 2. The van der Waals surface area contributed by atoms with Gasteiger partial charge in [0.15, 0.2) is 0 Å². The third kappa shape index (κ3) is 4.38. The van der Waals surface area contributed by atoms with E-state index in [1.807, 2.05) is 0 Å². The van der Waals surface area contributed by atoms with Crippen molar-refractivity contribution in [1.29, 1.82) is 0 Å². The number of nitrogens with zero attached hydrogens (tertiary/aromatic N) is 4. The molecule has 3 unspecified atom stereocenters. The SMILES string of the molecule is O=C(c1ccc2n[nH]nc2n1)C1C2CNCC2CN1C(=O)OCc1ccc(OC(F)(F)F)cc1. The van der Waals surface area contributed by atoms with Crippen molar-refractivity contribution in [1.82, 2.24) is 30.6 Å². The smallest absolute Gasteiger partial charge is 0.445 e. The summed E-state index contributed by atoms with van der Waals surface area (Å²) in [7, 11) is 0. The Bertz CT molecular complexity index is 1220. The Morgan fingerprint density at radius 1 is 1.09 bits per heavy atom. The average molecular weight is 476 g/mol. The van der Waals surface area contributed by atoms with Gasteiger partial charge in [0, 0.05) is 25.6 Å². The third-order valence-corrected chi connectivity index (χ3v) is 6.02. The van der Waals surface area contributed by atoms with Crippen LogP contribution >= 0.6 is 0 Å². The maximum absolute atomic E-state index is 13.4. The van der Waals surface area contributed by atoms with Crippen LogP contribution < -0.4 is 10.1 Å². The van der Waals surface area contributed by atoms with Gasteiger partial charge in [-0.3, -0.25) is 9.69 Å². The molecular weight excluding hydrogens is 457 g/mol. The predicted molar refractivity (Wildman–Crippen MR) is 110 cm³/mol. The lowest BCUT2D eigenvalue weighted by Gasteiger charge is -2.26. The lowest BCUT2D eigenvalue weighted by molar-refractivity contribution is -0.274. The van der Waals surface area contributed by atoms with Gasteiger partial charge in [0.1, 0.15) is 29.6 Å². The number of aromatic amines is 1. The molecule has 178 valence electrons. The molecular formula is C21H19F3N6O4. The first-order valence-corrected chi connectivity index (χ1v) is 10.5. The van der Waals surface area contributed by atoms with Gasteiger partial charge < -0.3 is 14.8 Å². The van der Waals surface area contributed by atoms with Crippen molar-refractivity contribution in [2.75, 3.05) is 19.6 Å². The number of halogens is 3. The van der Waals surface area contributed by atoms with Gasteiger partial charge >= 0.3 is 12.5 Å². The molecule has 5 rings (SSSR count). The van der Waals surface area contributed by atoms with Crippen molar-refractivity contribution in [3.8, 4) is 5.75 Å². The highest BCUT2D eigenvalue weighted by atomic mass is 19.4. The zero-order chi connectivity index (χ0) is 23.9. The van der Waals surface area contributed by atoms with E-state index in [0.29, 0.717) is 36.4 Å². The number of benzene rings is 1. The Kier molecular flexibility index (Phi) is 5.55. The van der Waals surface area contributed by atoms with Gasteiger partial charge in [0.2, 0.25) is 11.4 Å². The summed E-state index contributed by atoms with van der Waals surface area (Å²) in [5, 5.41) is 13.5. The van der Waals surface area contributed by atoms with Crippen molar-refractivity contribution in [3.63, 3.8) is 0 Å². The number of H-pyrrole nitrogens is 1. The zero-order valence-corrected chi connectivity index (χ0v) is 17.6. The van der Waals surface area contributed by atoms with Gasteiger partial charge in [-0.1, -0.05) is 12.1 Å². The first kappa shape index (κ1) is 22.1. The molecule has 2 saturated heterocycles. The average Bonchev–Trinajstić information content (AvgIpc) is 3.52. The fourth-order valence-electron chi connectivity index (χ4n) is 4.49. The molecule has 0 spiro atoms. The number of nitrogens with one attached hydrogen (secondary N) is 2. The predicted octanol–water partition coefficient (Wildman–Crippen LogP) is 2.29. The number of amides is 1. The largest absolute Gasteiger partial charge is 0.573 e. The number of ketones is 1. The minimum Gasteiger partial charge on any atom is -0.445 e.